The summed E-state index contributed by atoms with van der Waals surface area (Å²) in [6.45, 7) is 1.79. The third-order valence-corrected chi connectivity index (χ3v) is 7.64. The van der Waals surface area contributed by atoms with Gasteiger partial charge in [-0.2, -0.15) is 0 Å². The van der Waals surface area contributed by atoms with Gasteiger partial charge in [0.1, 0.15) is 40.1 Å². The monoisotopic (exact) mass is 600 g/mol. The average Bonchev–Trinajstić information content (AvgIpc) is 3.46. The number of aromatic nitrogens is 2. The molecule has 0 aliphatic carbocycles. The zero-order valence-electron chi connectivity index (χ0n) is 23.8. The minimum absolute atomic E-state index is 0.0488. The third-order valence-electron chi connectivity index (χ3n) is 7.64. The summed E-state index contributed by atoms with van der Waals surface area (Å²) in [6.07, 6.45) is 0. The molecule has 3 aromatic carbocycles. The number of carbonyl (C=O) groups excluding carboxylic acids is 3. The Kier molecular flexibility index (Phi) is 7.08. The van der Waals surface area contributed by atoms with Crippen LogP contribution in [0.3, 0.4) is 0 Å². The molecule has 0 saturated carbocycles. The van der Waals surface area contributed by atoms with Crippen LogP contribution in [0.5, 0.6) is 11.5 Å². The van der Waals surface area contributed by atoms with Gasteiger partial charge in [-0.3, -0.25) is 14.9 Å². The molecular formula is C31H26F2N6O5. The van der Waals surface area contributed by atoms with Crippen molar-refractivity contribution in [2.45, 2.75) is 25.6 Å². The lowest BCUT2D eigenvalue weighted by atomic mass is 9.92. The lowest BCUT2D eigenvalue weighted by molar-refractivity contribution is -0.123. The van der Waals surface area contributed by atoms with Gasteiger partial charge in [0.2, 0.25) is 0 Å². The van der Waals surface area contributed by atoms with E-state index in [1.165, 1.54) is 25.2 Å². The minimum atomic E-state index is -1.26. The fraction of sp³-hybridized carbons (Fsp3) is 0.194. The quantitative estimate of drug-likeness (QED) is 0.254. The molecule has 0 radical (unpaired) electrons. The first-order chi connectivity index (χ1) is 21.1. The molecule has 1 aromatic heterocycles. The molecule has 4 amide bonds. The van der Waals surface area contributed by atoms with Gasteiger partial charge in [0.05, 0.1) is 38.6 Å². The molecule has 0 unspecified atom stereocenters. The molecule has 13 heteroatoms. The second-order valence-corrected chi connectivity index (χ2v) is 10.4. The highest BCUT2D eigenvalue weighted by atomic mass is 19.1. The number of imide groups is 1. The summed E-state index contributed by atoms with van der Waals surface area (Å²) in [5, 5.41) is 7.91. The topological polar surface area (TPSA) is 135 Å². The van der Waals surface area contributed by atoms with Crippen molar-refractivity contribution in [3.8, 4) is 22.9 Å². The van der Waals surface area contributed by atoms with Crippen molar-refractivity contribution in [3.63, 3.8) is 0 Å². The van der Waals surface area contributed by atoms with Crippen molar-refractivity contribution in [1.29, 1.82) is 0 Å². The van der Waals surface area contributed by atoms with Crippen LogP contribution in [0.2, 0.25) is 0 Å². The molecule has 3 N–H and O–H groups in total. The van der Waals surface area contributed by atoms with E-state index in [1.54, 1.807) is 49.4 Å². The molecule has 3 heterocycles. The number of fused-ring (bicyclic) bond motifs is 1. The number of nitrogens with zero attached hydrogens (tertiary/aromatic N) is 3. The van der Waals surface area contributed by atoms with E-state index in [0.29, 0.717) is 28.3 Å². The van der Waals surface area contributed by atoms with Gasteiger partial charge < -0.3 is 25.0 Å². The predicted molar refractivity (Wildman–Crippen MR) is 154 cm³/mol. The Hall–Kier alpha value is -5.59. The van der Waals surface area contributed by atoms with Crippen LogP contribution in [0.15, 0.2) is 60.7 Å². The second kappa shape index (κ2) is 10.9. The van der Waals surface area contributed by atoms with Crippen molar-refractivity contribution in [3.05, 3.63) is 94.7 Å². The maximum atomic E-state index is 14.8. The van der Waals surface area contributed by atoms with E-state index in [9.17, 15) is 23.2 Å². The van der Waals surface area contributed by atoms with Crippen LogP contribution in [-0.2, 0) is 23.4 Å². The Bertz CT molecular complexity index is 1810. The Morgan fingerprint density at radius 1 is 0.955 bits per heavy atom. The number of amides is 4. The Morgan fingerprint density at radius 3 is 2.32 bits per heavy atom. The van der Waals surface area contributed by atoms with Gasteiger partial charge in [0.15, 0.2) is 5.82 Å². The molecule has 1 atom stereocenters. The number of rotatable bonds is 8. The second-order valence-electron chi connectivity index (χ2n) is 10.4. The van der Waals surface area contributed by atoms with E-state index in [1.807, 2.05) is 0 Å². The highest BCUT2D eigenvalue weighted by molar-refractivity contribution is 6.07. The number of ether oxygens (including phenoxy) is 2. The smallest absolute Gasteiger partial charge is 0.322 e. The average molecular weight is 601 g/mol. The molecule has 0 bridgehead atoms. The van der Waals surface area contributed by atoms with E-state index >= 15 is 0 Å². The minimum Gasteiger partial charge on any atom is -0.497 e. The highest BCUT2D eigenvalue weighted by Gasteiger charge is 2.43. The Balaban J connectivity index is 1.37. The van der Waals surface area contributed by atoms with Crippen LogP contribution < -0.4 is 25.4 Å². The lowest BCUT2D eigenvalue weighted by Gasteiger charge is -2.21. The van der Waals surface area contributed by atoms with Gasteiger partial charge in [0.25, 0.3) is 11.8 Å². The summed E-state index contributed by atoms with van der Waals surface area (Å²) < 4.78 is 40.4. The number of benzene rings is 3. The van der Waals surface area contributed by atoms with Gasteiger partial charge >= 0.3 is 6.03 Å². The first kappa shape index (κ1) is 28.5. The number of hydrogen-bond donors (Lipinski definition) is 3. The van der Waals surface area contributed by atoms with Gasteiger partial charge in [-0.05, 0) is 48.9 Å². The maximum Gasteiger partial charge on any atom is 0.322 e. The third kappa shape index (κ3) is 4.91. The molecule has 2 aliphatic heterocycles. The summed E-state index contributed by atoms with van der Waals surface area (Å²) in [5.41, 5.74) is 0.441. The van der Waals surface area contributed by atoms with E-state index in [-0.39, 0.29) is 36.0 Å². The van der Waals surface area contributed by atoms with Crippen LogP contribution >= 0.6 is 0 Å². The largest absolute Gasteiger partial charge is 0.497 e. The maximum absolute atomic E-state index is 14.8. The summed E-state index contributed by atoms with van der Waals surface area (Å²) in [4.78, 5) is 48.2. The number of halogens is 2. The molecule has 6 rings (SSSR count). The Labute approximate surface area is 250 Å². The van der Waals surface area contributed by atoms with Crippen LogP contribution in [0.1, 0.15) is 34.1 Å². The number of anilines is 2. The van der Waals surface area contributed by atoms with Crippen LogP contribution in [0.4, 0.5) is 25.1 Å². The van der Waals surface area contributed by atoms with Crippen molar-refractivity contribution in [1.82, 2.24) is 25.5 Å². The van der Waals surface area contributed by atoms with Gasteiger partial charge in [-0.15, -0.1) is 0 Å². The molecule has 11 nitrogen and oxygen atoms in total. The number of carbonyl (C=O) groups is 3. The van der Waals surface area contributed by atoms with Gasteiger partial charge in [-0.1, -0.05) is 18.2 Å². The molecule has 2 aliphatic rings. The molecule has 4 aromatic rings. The van der Waals surface area contributed by atoms with Crippen LogP contribution in [0, 0.1) is 11.6 Å². The standard InChI is InChI=1S/C31H26F2N6O5/c1-31(29(41)37-30(42)38-31)17-8-10-18(11-9-17)34-27-25-22(35-26(36-27)24-20(32)5-4-6-21(24)33)15-39(28(25)40)14-16-7-12-19(43-2)13-23(16)44-3/h4-13H,14-15H2,1-3H3,(H,34,35,36)(H2,37,38,41,42)/t31-/m1/s1. The zero-order chi connectivity index (χ0) is 31.2. The predicted octanol–water partition coefficient (Wildman–Crippen LogP) is 4.39. The van der Waals surface area contributed by atoms with Crippen molar-refractivity contribution < 1.29 is 32.6 Å². The number of hydrogen-bond acceptors (Lipinski definition) is 8. The molecule has 1 saturated heterocycles. The summed E-state index contributed by atoms with van der Waals surface area (Å²) in [6, 6.07) is 14.6. The highest BCUT2D eigenvalue weighted by Crippen LogP contribution is 2.35. The van der Waals surface area contributed by atoms with Crippen molar-refractivity contribution >= 4 is 29.4 Å². The fourth-order valence-electron chi connectivity index (χ4n) is 5.26. The zero-order valence-corrected chi connectivity index (χ0v) is 23.8. The van der Waals surface area contributed by atoms with Gasteiger partial charge in [-0.25, -0.2) is 23.5 Å². The first-order valence-electron chi connectivity index (χ1n) is 13.5. The van der Waals surface area contributed by atoms with E-state index < -0.39 is 40.6 Å². The van der Waals surface area contributed by atoms with E-state index in [4.69, 9.17) is 9.47 Å². The molecule has 0 spiro atoms. The van der Waals surface area contributed by atoms with Gasteiger partial charge in [0, 0.05) is 17.3 Å². The summed E-state index contributed by atoms with van der Waals surface area (Å²) >= 11 is 0. The first-order valence-corrected chi connectivity index (χ1v) is 13.5. The molecule has 44 heavy (non-hydrogen) atoms. The number of methoxy groups -OCH3 is 2. The SMILES string of the molecule is COc1ccc(CN2Cc3nc(-c4c(F)cccc4F)nc(Nc4ccc([C@@]5(C)NC(=O)NC5=O)cc4)c3C2=O)c(OC)c1. The lowest BCUT2D eigenvalue weighted by Crippen LogP contribution is -2.40. The van der Waals surface area contributed by atoms with Crippen molar-refractivity contribution in [2.75, 3.05) is 19.5 Å². The van der Waals surface area contributed by atoms with E-state index in [2.05, 4.69) is 25.9 Å². The molecular weight excluding hydrogens is 574 g/mol. The number of urea groups is 1. The van der Waals surface area contributed by atoms with Crippen LogP contribution in [-0.4, -0.2) is 46.9 Å². The van der Waals surface area contributed by atoms with E-state index in [0.717, 1.165) is 12.1 Å². The fourth-order valence-corrected chi connectivity index (χ4v) is 5.26. The van der Waals surface area contributed by atoms with Crippen molar-refractivity contribution in [2.24, 2.45) is 0 Å². The Morgan fingerprint density at radius 2 is 1.68 bits per heavy atom. The number of nitrogens with one attached hydrogen (secondary N) is 3. The molecule has 224 valence electrons. The van der Waals surface area contributed by atoms with Crippen LogP contribution in [0.25, 0.3) is 11.4 Å². The normalized spacial score (nSPS) is 17.3. The summed E-state index contributed by atoms with van der Waals surface area (Å²) in [7, 11) is 3.05. The summed E-state index contributed by atoms with van der Waals surface area (Å²) in [5.74, 6) is -1.66. The molecule has 1 fully saturated rings.